The van der Waals surface area contributed by atoms with Gasteiger partial charge in [0.05, 0.1) is 0 Å². The molecule has 1 aromatic carbocycles. The zero-order valence-electron chi connectivity index (χ0n) is 10.1. The number of rotatable bonds is 1. The van der Waals surface area contributed by atoms with E-state index in [2.05, 4.69) is 17.2 Å². The predicted molar refractivity (Wildman–Crippen MR) is 65.3 cm³/mol. The molecule has 0 aliphatic carbocycles. The number of aliphatic hydroxyl groups is 1. The molecule has 18 heavy (non-hydrogen) atoms. The van der Waals surface area contributed by atoms with Crippen molar-refractivity contribution in [3.63, 3.8) is 0 Å². The summed E-state index contributed by atoms with van der Waals surface area (Å²) in [7, 11) is 0. The second-order valence-corrected chi connectivity index (χ2v) is 4.67. The maximum absolute atomic E-state index is 13.0. The molecule has 0 bridgehead atoms. The largest absolute Gasteiger partial charge is 0.376 e. The van der Waals surface area contributed by atoms with Gasteiger partial charge in [-0.1, -0.05) is 24.0 Å². The van der Waals surface area contributed by atoms with Crippen molar-refractivity contribution in [2.45, 2.75) is 24.9 Å². The molecule has 1 aliphatic heterocycles. The highest BCUT2D eigenvalue weighted by Crippen LogP contribution is 2.26. The van der Waals surface area contributed by atoms with Gasteiger partial charge in [-0.25, -0.2) is 8.78 Å². The molecule has 0 aromatic heterocycles. The van der Waals surface area contributed by atoms with Crippen molar-refractivity contribution in [3.8, 4) is 11.8 Å². The van der Waals surface area contributed by atoms with E-state index in [1.165, 1.54) is 12.1 Å². The van der Waals surface area contributed by atoms with Crippen LogP contribution in [0.25, 0.3) is 0 Å². The molecule has 0 spiro atoms. The first-order chi connectivity index (χ1) is 8.39. The zero-order valence-corrected chi connectivity index (χ0v) is 10.1. The predicted octanol–water partition coefficient (Wildman–Crippen LogP) is 1.87. The van der Waals surface area contributed by atoms with Gasteiger partial charge in [0, 0.05) is 31.0 Å². The Morgan fingerprint density at radius 3 is 2.50 bits per heavy atom. The molecular formula is C14H15F2NO. The Balaban J connectivity index is 2.14. The van der Waals surface area contributed by atoms with Gasteiger partial charge in [0.25, 0.3) is 5.92 Å². The van der Waals surface area contributed by atoms with Gasteiger partial charge in [-0.2, -0.15) is 0 Å². The van der Waals surface area contributed by atoms with E-state index >= 15 is 0 Å². The molecule has 1 atom stereocenters. The quantitative estimate of drug-likeness (QED) is 0.747. The van der Waals surface area contributed by atoms with Crippen LogP contribution in [0.2, 0.25) is 0 Å². The molecule has 1 fully saturated rings. The highest BCUT2D eigenvalue weighted by molar-refractivity contribution is 5.39. The van der Waals surface area contributed by atoms with Crippen LogP contribution >= 0.6 is 0 Å². The fourth-order valence-corrected chi connectivity index (χ4v) is 1.82. The second-order valence-electron chi connectivity index (χ2n) is 4.67. The van der Waals surface area contributed by atoms with E-state index in [9.17, 15) is 13.9 Å². The van der Waals surface area contributed by atoms with E-state index < -0.39 is 11.5 Å². The van der Waals surface area contributed by atoms with Crippen LogP contribution in [0.1, 0.15) is 24.5 Å². The number of benzene rings is 1. The third kappa shape index (κ3) is 3.06. The van der Waals surface area contributed by atoms with Crippen LogP contribution in [0.5, 0.6) is 0 Å². The molecule has 1 heterocycles. The van der Waals surface area contributed by atoms with E-state index in [4.69, 9.17) is 0 Å². The van der Waals surface area contributed by atoms with Crippen molar-refractivity contribution >= 4 is 0 Å². The lowest BCUT2D eigenvalue weighted by Gasteiger charge is -2.12. The van der Waals surface area contributed by atoms with E-state index in [1.807, 2.05) is 0 Å². The van der Waals surface area contributed by atoms with Crippen LogP contribution in [-0.4, -0.2) is 23.8 Å². The van der Waals surface area contributed by atoms with Gasteiger partial charge >= 0.3 is 0 Å². The minimum absolute atomic E-state index is 0.0331. The molecule has 2 nitrogen and oxygen atoms in total. The lowest BCUT2D eigenvalue weighted by atomic mass is 10.0. The summed E-state index contributed by atoms with van der Waals surface area (Å²) in [5.41, 5.74) is -0.398. The Morgan fingerprint density at radius 2 is 2.00 bits per heavy atom. The van der Waals surface area contributed by atoms with Gasteiger partial charge in [0.15, 0.2) is 0 Å². The zero-order chi connectivity index (χ0) is 13.2. The third-order valence-electron chi connectivity index (χ3n) is 2.96. The lowest BCUT2D eigenvalue weighted by molar-refractivity contribution is 0.0175. The number of halogens is 2. The number of hydrogen-bond donors (Lipinski definition) is 2. The molecule has 0 radical (unpaired) electrons. The van der Waals surface area contributed by atoms with Crippen molar-refractivity contribution in [3.05, 3.63) is 35.4 Å². The molecule has 96 valence electrons. The summed E-state index contributed by atoms with van der Waals surface area (Å²) in [6.07, 6.45) is 0.588. The smallest absolute Gasteiger partial charge is 0.270 e. The first kappa shape index (κ1) is 13.0. The lowest BCUT2D eigenvalue weighted by Crippen LogP contribution is -2.28. The minimum atomic E-state index is -2.83. The third-order valence-corrected chi connectivity index (χ3v) is 2.96. The summed E-state index contributed by atoms with van der Waals surface area (Å²) in [6, 6.07) is 5.82. The fraction of sp³-hybridized carbons (Fsp3) is 0.429. The molecule has 0 saturated carbocycles. The summed E-state index contributed by atoms with van der Waals surface area (Å²) < 4.78 is 26.0. The van der Waals surface area contributed by atoms with Crippen LogP contribution < -0.4 is 5.32 Å². The second kappa shape index (κ2) is 4.68. The highest BCUT2D eigenvalue weighted by Gasteiger charge is 2.28. The molecular weight excluding hydrogens is 236 g/mol. The van der Waals surface area contributed by atoms with Crippen LogP contribution in [-0.2, 0) is 5.92 Å². The average Bonchev–Trinajstić information content (AvgIpc) is 2.74. The van der Waals surface area contributed by atoms with E-state index in [-0.39, 0.29) is 5.56 Å². The number of nitrogens with one attached hydrogen (secondary N) is 1. The monoisotopic (exact) mass is 251 g/mol. The maximum atomic E-state index is 13.0. The first-order valence-electron chi connectivity index (χ1n) is 5.84. The van der Waals surface area contributed by atoms with Gasteiger partial charge < -0.3 is 10.4 Å². The van der Waals surface area contributed by atoms with Crippen LogP contribution in [0, 0.1) is 11.8 Å². The Hall–Kier alpha value is -1.44. The van der Waals surface area contributed by atoms with Crippen LogP contribution in [0.3, 0.4) is 0 Å². The molecule has 4 heteroatoms. The van der Waals surface area contributed by atoms with E-state index in [0.717, 1.165) is 13.5 Å². The van der Waals surface area contributed by atoms with Crippen LogP contribution in [0.4, 0.5) is 8.78 Å². The SMILES string of the molecule is CC(F)(F)c1ccc(C#C[C@]2(O)CCNC2)cc1. The number of β-amino-alcohol motifs (C(OH)–C–C–N with tert-alkyl or cyclic N) is 1. The van der Waals surface area contributed by atoms with Gasteiger partial charge in [-0.3, -0.25) is 0 Å². The molecule has 1 aliphatic rings. The topological polar surface area (TPSA) is 32.3 Å². The standard InChI is InChI=1S/C14H15F2NO/c1-13(15,16)12-4-2-11(3-5-12)6-7-14(18)8-9-17-10-14/h2-5,17-18H,8-10H2,1H3/t14-/m0/s1. The molecule has 2 N–H and O–H groups in total. The number of hydrogen-bond acceptors (Lipinski definition) is 2. The van der Waals surface area contributed by atoms with E-state index in [1.54, 1.807) is 12.1 Å². The highest BCUT2D eigenvalue weighted by atomic mass is 19.3. The average molecular weight is 251 g/mol. The maximum Gasteiger partial charge on any atom is 0.270 e. The Bertz CT molecular complexity index is 473. The summed E-state index contributed by atoms with van der Waals surface area (Å²) >= 11 is 0. The van der Waals surface area contributed by atoms with Crippen molar-refractivity contribution in [1.29, 1.82) is 0 Å². The fourth-order valence-electron chi connectivity index (χ4n) is 1.82. The molecule has 1 saturated heterocycles. The molecule has 0 unspecified atom stereocenters. The molecule has 2 rings (SSSR count). The summed E-state index contributed by atoms with van der Waals surface area (Å²) in [4.78, 5) is 0. The van der Waals surface area contributed by atoms with Crippen LogP contribution in [0.15, 0.2) is 24.3 Å². The Kier molecular flexibility index (Phi) is 3.38. The summed E-state index contributed by atoms with van der Waals surface area (Å²) in [5.74, 6) is 2.78. The molecule has 0 amide bonds. The van der Waals surface area contributed by atoms with Gasteiger partial charge in [-0.15, -0.1) is 0 Å². The van der Waals surface area contributed by atoms with Crippen molar-refractivity contribution in [2.75, 3.05) is 13.1 Å². The number of alkyl halides is 2. The minimum Gasteiger partial charge on any atom is -0.376 e. The summed E-state index contributed by atoms with van der Waals surface area (Å²) in [5, 5.41) is 13.0. The summed E-state index contributed by atoms with van der Waals surface area (Å²) in [6.45, 7) is 2.05. The first-order valence-corrected chi connectivity index (χ1v) is 5.84. The van der Waals surface area contributed by atoms with Gasteiger partial charge in [0.1, 0.15) is 5.60 Å². The van der Waals surface area contributed by atoms with Gasteiger partial charge in [-0.05, 0) is 18.7 Å². The van der Waals surface area contributed by atoms with E-state index in [0.29, 0.717) is 18.5 Å². The van der Waals surface area contributed by atoms with Crippen molar-refractivity contribution in [2.24, 2.45) is 0 Å². The Morgan fingerprint density at radius 1 is 1.33 bits per heavy atom. The normalized spacial score (nSPS) is 23.6. The van der Waals surface area contributed by atoms with Gasteiger partial charge in [0.2, 0.25) is 0 Å². The molecule has 1 aromatic rings. The Labute approximate surface area is 105 Å². The van der Waals surface area contributed by atoms with Crippen molar-refractivity contribution in [1.82, 2.24) is 5.32 Å². The van der Waals surface area contributed by atoms with Crippen molar-refractivity contribution < 1.29 is 13.9 Å².